The zero-order chi connectivity index (χ0) is 12.4. The Balaban J connectivity index is 2.47. The van der Waals surface area contributed by atoms with Crippen LogP contribution in [0.1, 0.15) is 6.92 Å². The number of esters is 1. The van der Waals surface area contributed by atoms with E-state index in [9.17, 15) is 9.18 Å². The zero-order valence-electron chi connectivity index (χ0n) is 8.94. The lowest BCUT2D eigenvalue weighted by Crippen LogP contribution is -2.02. The van der Waals surface area contributed by atoms with Crippen molar-refractivity contribution in [3.8, 4) is 16.3 Å². The molecule has 2 rings (SSSR count). The summed E-state index contributed by atoms with van der Waals surface area (Å²) in [6, 6.07) is 5.93. The molecule has 2 aromatic rings. The Kier molecular flexibility index (Phi) is 3.06. The molecule has 1 heterocycles. The molecule has 0 saturated carbocycles. The second-order valence-electron chi connectivity index (χ2n) is 3.29. The van der Waals surface area contributed by atoms with E-state index in [1.807, 2.05) is 0 Å². The highest BCUT2D eigenvalue weighted by Crippen LogP contribution is 2.37. The minimum absolute atomic E-state index is 0.116. The molecule has 0 bridgehead atoms. The van der Waals surface area contributed by atoms with Crippen LogP contribution >= 0.6 is 11.3 Å². The largest absolute Gasteiger partial charge is 0.406 e. The maximum atomic E-state index is 13.1. The number of nitrogens with zero attached hydrogens (tertiary/aromatic N) is 1. The minimum Gasteiger partial charge on any atom is -0.406 e. The maximum absolute atomic E-state index is 13.1. The van der Waals surface area contributed by atoms with Gasteiger partial charge in [0.25, 0.3) is 0 Å². The summed E-state index contributed by atoms with van der Waals surface area (Å²) < 4.78 is 18.0. The van der Waals surface area contributed by atoms with Crippen molar-refractivity contribution in [2.75, 3.05) is 5.73 Å². The quantitative estimate of drug-likeness (QED) is 0.834. The summed E-state index contributed by atoms with van der Waals surface area (Å²) >= 11 is 1.14. The molecule has 1 aromatic heterocycles. The molecular weight excluding hydrogens is 243 g/mol. The number of benzene rings is 1. The number of anilines is 1. The Morgan fingerprint density at radius 3 is 2.94 bits per heavy atom. The van der Waals surface area contributed by atoms with Gasteiger partial charge in [-0.3, -0.25) is 4.79 Å². The topological polar surface area (TPSA) is 65.2 Å². The fourth-order valence-corrected chi connectivity index (χ4v) is 2.10. The van der Waals surface area contributed by atoms with Gasteiger partial charge in [0.05, 0.1) is 0 Å². The fourth-order valence-electron chi connectivity index (χ4n) is 1.34. The maximum Gasteiger partial charge on any atom is 0.309 e. The molecule has 0 aliphatic heterocycles. The Bertz CT molecular complexity index is 568. The first kappa shape index (κ1) is 11.5. The number of aromatic nitrogens is 1. The van der Waals surface area contributed by atoms with E-state index in [0.717, 1.165) is 11.3 Å². The van der Waals surface area contributed by atoms with Crippen LogP contribution in [-0.2, 0) is 4.79 Å². The Morgan fingerprint density at radius 2 is 2.29 bits per heavy atom. The summed E-state index contributed by atoms with van der Waals surface area (Å²) in [7, 11) is 0. The Morgan fingerprint density at radius 1 is 1.53 bits per heavy atom. The van der Waals surface area contributed by atoms with Gasteiger partial charge in [0, 0.05) is 12.5 Å². The summed E-state index contributed by atoms with van der Waals surface area (Å²) in [5, 5.41) is 0.264. The van der Waals surface area contributed by atoms with E-state index in [4.69, 9.17) is 10.5 Å². The van der Waals surface area contributed by atoms with Crippen molar-refractivity contribution < 1.29 is 13.9 Å². The lowest BCUT2D eigenvalue weighted by atomic mass is 10.2. The van der Waals surface area contributed by atoms with Crippen molar-refractivity contribution in [2.24, 2.45) is 0 Å². The summed E-state index contributed by atoms with van der Waals surface area (Å²) in [6.07, 6.45) is 0. The van der Waals surface area contributed by atoms with Crippen molar-refractivity contribution in [1.82, 2.24) is 4.98 Å². The van der Waals surface area contributed by atoms with Crippen LogP contribution in [0, 0.1) is 5.82 Å². The van der Waals surface area contributed by atoms with Crippen LogP contribution in [0.2, 0.25) is 0 Å². The zero-order valence-corrected chi connectivity index (χ0v) is 9.75. The number of thiazole rings is 1. The normalized spacial score (nSPS) is 10.2. The molecule has 0 radical (unpaired) electrons. The third kappa shape index (κ3) is 2.59. The highest BCUT2D eigenvalue weighted by atomic mass is 32.1. The van der Waals surface area contributed by atoms with Gasteiger partial charge in [-0.2, -0.15) is 4.98 Å². The van der Waals surface area contributed by atoms with E-state index in [-0.39, 0.29) is 16.8 Å². The summed E-state index contributed by atoms with van der Waals surface area (Å²) in [5.74, 6) is -0.748. The second-order valence-corrected chi connectivity index (χ2v) is 4.32. The molecule has 6 heteroatoms. The van der Waals surface area contributed by atoms with Crippen LogP contribution in [-0.4, -0.2) is 11.0 Å². The lowest BCUT2D eigenvalue weighted by Gasteiger charge is -2.01. The first-order valence-electron chi connectivity index (χ1n) is 4.77. The number of nitrogen functional groups attached to an aromatic ring is 1. The molecule has 2 N–H and O–H groups in total. The van der Waals surface area contributed by atoms with Crippen molar-refractivity contribution in [1.29, 1.82) is 0 Å². The highest BCUT2D eigenvalue weighted by Gasteiger charge is 2.15. The predicted octanol–water partition coefficient (Wildman–Crippen LogP) is 2.46. The van der Waals surface area contributed by atoms with Crippen molar-refractivity contribution >= 4 is 22.4 Å². The molecule has 0 fully saturated rings. The molecule has 0 amide bonds. The molecule has 88 valence electrons. The summed E-state index contributed by atoms with van der Waals surface area (Å²) in [6.45, 7) is 1.27. The van der Waals surface area contributed by atoms with Crippen molar-refractivity contribution in [2.45, 2.75) is 6.92 Å². The third-order valence-corrected chi connectivity index (χ3v) is 2.85. The molecule has 17 heavy (non-hydrogen) atoms. The highest BCUT2D eigenvalue weighted by molar-refractivity contribution is 7.19. The van der Waals surface area contributed by atoms with E-state index in [1.54, 1.807) is 12.1 Å². The first-order chi connectivity index (χ1) is 8.06. The first-order valence-corrected chi connectivity index (χ1v) is 5.58. The van der Waals surface area contributed by atoms with E-state index in [2.05, 4.69) is 4.98 Å². The molecule has 4 nitrogen and oxygen atoms in total. The molecule has 0 spiro atoms. The Labute approximate surface area is 101 Å². The molecule has 0 atom stereocenters. The van der Waals surface area contributed by atoms with Crippen LogP contribution in [0.5, 0.6) is 5.88 Å². The standard InChI is InChI=1S/C11H9FN2O2S/c1-6(15)16-10-9(17-11(13)14-10)7-3-2-4-8(12)5-7/h2-5H,1H3,(H2,13,14). The summed E-state index contributed by atoms with van der Waals surface area (Å²) in [5.41, 5.74) is 6.13. The van der Waals surface area contributed by atoms with Gasteiger partial charge in [0.2, 0.25) is 5.88 Å². The average Bonchev–Trinajstić information content (AvgIpc) is 2.58. The number of hydrogen-bond acceptors (Lipinski definition) is 5. The smallest absolute Gasteiger partial charge is 0.309 e. The van der Waals surface area contributed by atoms with Gasteiger partial charge in [-0.1, -0.05) is 23.5 Å². The van der Waals surface area contributed by atoms with Crippen LogP contribution in [0.4, 0.5) is 9.52 Å². The second kappa shape index (κ2) is 4.50. The van der Waals surface area contributed by atoms with Gasteiger partial charge in [-0.05, 0) is 12.1 Å². The number of hydrogen-bond donors (Lipinski definition) is 1. The van der Waals surface area contributed by atoms with Gasteiger partial charge >= 0.3 is 5.97 Å². The monoisotopic (exact) mass is 252 g/mol. The molecule has 0 unspecified atom stereocenters. The van der Waals surface area contributed by atoms with E-state index in [1.165, 1.54) is 19.1 Å². The predicted molar refractivity (Wildman–Crippen MR) is 63.2 cm³/mol. The van der Waals surface area contributed by atoms with Gasteiger partial charge < -0.3 is 10.5 Å². The average molecular weight is 252 g/mol. The van der Waals surface area contributed by atoms with E-state index >= 15 is 0 Å². The number of rotatable bonds is 2. The van der Waals surface area contributed by atoms with Crippen LogP contribution in [0.3, 0.4) is 0 Å². The van der Waals surface area contributed by atoms with Gasteiger partial charge in [-0.25, -0.2) is 4.39 Å². The minimum atomic E-state index is -0.493. The van der Waals surface area contributed by atoms with E-state index < -0.39 is 5.97 Å². The molecule has 1 aromatic carbocycles. The van der Waals surface area contributed by atoms with Crippen molar-refractivity contribution in [3.05, 3.63) is 30.1 Å². The molecule has 0 aliphatic rings. The number of ether oxygens (including phenoxy) is 1. The molecular formula is C11H9FN2O2S. The lowest BCUT2D eigenvalue weighted by molar-refractivity contribution is -0.132. The number of carbonyl (C=O) groups excluding carboxylic acids is 1. The van der Waals surface area contributed by atoms with Crippen LogP contribution in [0.15, 0.2) is 24.3 Å². The van der Waals surface area contributed by atoms with Crippen LogP contribution in [0.25, 0.3) is 10.4 Å². The molecule has 0 aliphatic carbocycles. The van der Waals surface area contributed by atoms with Gasteiger partial charge in [0.1, 0.15) is 10.7 Å². The number of nitrogens with two attached hydrogens (primary N) is 1. The summed E-state index contributed by atoms with van der Waals surface area (Å²) in [4.78, 5) is 15.3. The number of carbonyl (C=O) groups is 1. The Hall–Kier alpha value is -1.95. The van der Waals surface area contributed by atoms with Crippen LogP contribution < -0.4 is 10.5 Å². The third-order valence-electron chi connectivity index (χ3n) is 1.94. The molecule has 0 saturated heterocycles. The fraction of sp³-hybridized carbons (Fsp3) is 0.0909. The van der Waals surface area contributed by atoms with E-state index in [0.29, 0.717) is 10.4 Å². The number of halogens is 1. The SMILES string of the molecule is CC(=O)Oc1nc(N)sc1-c1cccc(F)c1. The van der Waals surface area contributed by atoms with Crippen molar-refractivity contribution in [3.63, 3.8) is 0 Å². The van der Waals surface area contributed by atoms with Gasteiger partial charge in [0.15, 0.2) is 5.13 Å². The van der Waals surface area contributed by atoms with Gasteiger partial charge in [-0.15, -0.1) is 0 Å².